The van der Waals surface area contributed by atoms with Crippen molar-refractivity contribution in [2.24, 2.45) is 0 Å². The van der Waals surface area contributed by atoms with Crippen molar-refractivity contribution >= 4 is 63.2 Å². The summed E-state index contributed by atoms with van der Waals surface area (Å²) in [5, 5.41) is 6.54. The second-order valence-electron chi connectivity index (χ2n) is 8.04. The normalized spacial score (nSPS) is 10.7. The van der Waals surface area contributed by atoms with E-state index >= 15 is 0 Å². The van der Waals surface area contributed by atoms with Crippen LogP contribution in [0.5, 0.6) is 5.75 Å². The fourth-order valence-corrected chi connectivity index (χ4v) is 4.07. The van der Waals surface area contributed by atoms with Crippen molar-refractivity contribution in [1.29, 1.82) is 0 Å². The first kappa shape index (κ1) is 25.1. The van der Waals surface area contributed by atoms with E-state index in [-0.39, 0.29) is 10.7 Å². The molecule has 36 heavy (non-hydrogen) atoms. The van der Waals surface area contributed by atoms with Gasteiger partial charge in [-0.05, 0) is 67.4 Å². The van der Waals surface area contributed by atoms with Crippen LogP contribution in [0.4, 0.5) is 11.4 Å². The molecule has 0 bridgehead atoms. The Kier molecular flexibility index (Phi) is 7.19. The van der Waals surface area contributed by atoms with Crippen molar-refractivity contribution in [3.63, 3.8) is 0 Å². The van der Waals surface area contributed by atoms with E-state index in [1.165, 1.54) is 17.9 Å². The van der Waals surface area contributed by atoms with Gasteiger partial charge in [-0.2, -0.15) is 0 Å². The maximum absolute atomic E-state index is 13.2. The number of amides is 3. The van der Waals surface area contributed by atoms with Gasteiger partial charge in [0.05, 0.1) is 17.8 Å². The number of rotatable bonds is 5. The van der Waals surface area contributed by atoms with Crippen LogP contribution in [0.15, 0.2) is 60.7 Å². The Hall–Kier alpha value is -4.01. The third-order valence-electron chi connectivity index (χ3n) is 5.60. The molecular weight excluding hydrogens is 503 g/mol. The van der Waals surface area contributed by atoms with Crippen LogP contribution in [0.25, 0.3) is 10.9 Å². The number of carbonyl (C=O) groups is 3. The molecule has 10 heteroatoms. The molecule has 0 radical (unpaired) electrons. The number of halogens is 2. The number of nitrogens with one attached hydrogen (secondary N) is 3. The molecule has 0 aliphatic carbocycles. The fourth-order valence-electron chi connectivity index (χ4n) is 3.61. The second-order valence-corrected chi connectivity index (χ2v) is 8.88. The Labute approximate surface area is 217 Å². The summed E-state index contributed by atoms with van der Waals surface area (Å²) in [7, 11) is 1.47. The first-order valence-electron chi connectivity index (χ1n) is 10.8. The van der Waals surface area contributed by atoms with E-state index in [1.54, 1.807) is 48.5 Å². The van der Waals surface area contributed by atoms with E-state index in [0.29, 0.717) is 33.0 Å². The number of aryl methyl sites for hydroxylation is 2. The van der Waals surface area contributed by atoms with Crippen LogP contribution in [0.2, 0.25) is 10.0 Å². The van der Waals surface area contributed by atoms with Gasteiger partial charge < -0.3 is 15.4 Å². The van der Waals surface area contributed by atoms with E-state index in [0.717, 1.165) is 11.1 Å². The fraction of sp³-hybridized carbons (Fsp3) is 0.115. The van der Waals surface area contributed by atoms with Gasteiger partial charge in [0.25, 0.3) is 5.91 Å². The lowest BCUT2D eigenvalue weighted by Crippen LogP contribution is -2.36. The molecule has 0 aliphatic heterocycles. The first-order chi connectivity index (χ1) is 17.2. The number of ether oxygens (including phenoxy) is 1. The molecule has 1 aromatic heterocycles. The van der Waals surface area contributed by atoms with Crippen molar-refractivity contribution in [3.05, 3.63) is 87.5 Å². The minimum atomic E-state index is -0.977. The molecule has 0 spiro atoms. The van der Waals surface area contributed by atoms with E-state index < -0.39 is 17.7 Å². The number of anilines is 2. The van der Waals surface area contributed by atoms with E-state index in [1.807, 2.05) is 19.9 Å². The molecule has 4 aromatic rings. The molecule has 3 aromatic carbocycles. The van der Waals surface area contributed by atoms with E-state index in [2.05, 4.69) is 16.1 Å². The molecule has 3 N–H and O–H groups in total. The number of hydrogen-bond acceptors (Lipinski definition) is 4. The van der Waals surface area contributed by atoms with Crippen molar-refractivity contribution < 1.29 is 19.1 Å². The quantitative estimate of drug-likeness (QED) is 0.298. The summed E-state index contributed by atoms with van der Waals surface area (Å²) in [4.78, 5) is 38.8. The van der Waals surface area contributed by atoms with Gasteiger partial charge in [-0.25, -0.2) is 4.68 Å². The minimum absolute atomic E-state index is 0.0489. The van der Waals surface area contributed by atoms with Crippen LogP contribution in [-0.2, 0) is 9.59 Å². The lowest BCUT2D eigenvalue weighted by Gasteiger charge is -2.14. The molecule has 8 nitrogen and oxygen atoms in total. The van der Waals surface area contributed by atoms with Crippen molar-refractivity contribution in [2.75, 3.05) is 23.2 Å². The van der Waals surface area contributed by atoms with Crippen LogP contribution < -0.4 is 20.8 Å². The standard InChI is InChI=1S/C26H22Cl2N4O4/c1-14-7-9-18(11-15(14)2)29-25(34)26(35)31-32-21(12-16-5-4-6-22(36-3)23(16)32)24(33)30-20-10-8-17(27)13-19(20)28/h4-13H,1-3H3,(H,29,34)(H,30,33)(H,31,35). The van der Waals surface area contributed by atoms with E-state index in [4.69, 9.17) is 27.9 Å². The monoisotopic (exact) mass is 524 g/mol. The average molecular weight is 525 g/mol. The summed E-state index contributed by atoms with van der Waals surface area (Å²) in [5.41, 5.74) is 5.79. The topological polar surface area (TPSA) is 101 Å². The van der Waals surface area contributed by atoms with Crippen LogP contribution >= 0.6 is 23.2 Å². The van der Waals surface area contributed by atoms with Gasteiger partial charge in [0.15, 0.2) is 0 Å². The molecule has 0 aliphatic rings. The van der Waals surface area contributed by atoms with Gasteiger partial charge in [0.1, 0.15) is 17.0 Å². The number of aromatic nitrogens is 1. The Bertz CT molecular complexity index is 1510. The van der Waals surface area contributed by atoms with Crippen LogP contribution in [0.3, 0.4) is 0 Å². The molecule has 1 heterocycles. The van der Waals surface area contributed by atoms with Gasteiger partial charge in [-0.3, -0.25) is 19.8 Å². The highest BCUT2D eigenvalue weighted by molar-refractivity contribution is 6.42. The molecule has 0 atom stereocenters. The number of carbonyl (C=O) groups excluding carboxylic acids is 3. The van der Waals surface area contributed by atoms with Crippen molar-refractivity contribution in [1.82, 2.24) is 4.68 Å². The highest BCUT2D eigenvalue weighted by Crippen LogP contribution is 2.30. The molecule has 0 fully saturated rings. The van der Waals surface area contributed by atoms with Gasteiger partial charge in [0.2, 0.25) is 0 Å². The first-order valence-corrected chi connectivity index (χ1v) is 11.6. The summed E-state index contributed by atoms with van der Waals surface area (Å²) >= 11 is 12.1. The Morgan fingerprint density at radius 3 is 2.33 bits per heavy atom. The smallest absolute Gasteiger partial charge is 0.328 e. The summed E-state index contributed by atoms with van der Waals surface area (Å²) in [5.74, 6) is -2.06. The van der Waals surface area contributed by atoms with Crippen LogP contribution in [0, 0.1) is 13.8 Å². The molecule has 0 saturated heterocycles. The van der Waals surface area contributed by atoms with Gasteiger partial charge in [-0.15, -0.1) is 0 Å². The minimum Gasteiger partial charge on any atom is -0.494 e. The van der Waals surface area contributed by atoms with Gasteiger partial charge >= 0.3 is 11.8 Å². The summed E-state index contributed by atoms with van der Waals surface area (Å²) < 4.78 is 6.65. The van der Waals surface area contributed by atoms with Crippen LogP contribution in [-0.4, -0.2) is 29.5 Å². The molecule has 4 rings (SSSR count). The predicted octanol–water partition coefficient (Wildman–Crippen LogP) is 5.53. The highest BCUT2D eigenvalue weighted by atomic mass is 35.5. The molecule has 3 amide bonds. The van der Waals surface area contributed by atoms with E-state index in [9.17, 15) is 14.4 Å². The van der Waals surface area contributed by atoms with Crippen molar-refractivity contribution in [2.45, 2.75) is 13.8 Å². The maximum Gasteiger partial charge on any atom is 0.328 e. The molecular formula is C26H22Cl2N4O4. The largest absolute Gasteiger partial charge is 0.494 e. The maximum atomic E-state index is 13.2. The Morgan fingerprint density at radius 2 is 1.64 bits per heavy atom. The number of para-hydroxylation sites is 1. The summed E-state index contributed by atoms with van der Waals surface area (Å²) in [6, 6.07) is 16.7. The zero-order valence-corrected chi connectivity index (χ0v) is 21.1. The highest BCUT2D eigenvalue weighted by Gasteiger charge is 2.23. The third-order valence-corrected chi connectivity index (χ3v) is 6.15. The lowest BCUT2D eigenvalue weighted by molar-refractivity contribution is -0.133. The zero-order chi connectivity index (χ0) is 26.0. The number of fused-ring (bicyclic) bond motifs is 1. The molecule has 0 unspecified atom stereocenters. The molecule has 0 saturated carbocycles. The number of nitrogens with zero attached hydrogens (tertiary/aromatic N) is 1. The van der Waals surface area contributed by atoms with Gasteiger partial charge in [0, 0.05) is 16.1 Å². The zero-order valence-electron chi connectivity index (χ0n) is 19.6. The predicted molar refractivity (Wildman–Crippen MR) is 142 cm³/mol. The number of methoxy groups -OCH3 is 1. The second kappa shape index (κ2) is 10.3. The summed E-state index contributed by atoms with van der Waals surface area (Å²) in [6.07, 6.45) is 0. The Morgan fingerprint density at radius 1 is 0.861 bits per heavy atom. The lowest BCUT2D eigenvalue weighted by atomic mass is 10.1. The number of benzene rings is 3. The number of hydrogen-bond donors (Lipinski definition) is 3. The van der Waals surface area contributed by atoms with Crippen molar-refractivity contribution in [3.8, 4) is 5.75 Å². The third kappa shape index (κ3) is 5.15. The van der Waals surface area contributed by atoms with Crippen LogP contribution in [0.1, 0.15) is 21.6 Å². The Balaban J connectivity index is 1.67. The molecule has 184 valence electrons. The van der Waals surface area contributed by atoms with Gasteiger partial charge in [-0.1, -0.05) is 41.4 Å². The SMILES string of the molecule is COc1cccc2cc(C(=O)Nc3ccc(Cl)cc3Cl)n(NC(=O)C(=O)Nc3ccc(C)c(C)c3)c12. The average Bonchev–Trinajstić information content (AvgIpc) is 3.21. The summed E-state index contributed by atoms with van der Waals surface area (Å²) in [6.45, 7) is 3.85.